The molecule has 38 heavy (non-hydrogen) atoms. The minimum absolute atomic E-state index is 0.133. The van der Waals surface area contributed by atoms with Gasteiger partial charge in [-0.2, -0.15) is 18.3 Å². The predicted octanol–water partition coefficient (Wildman–Crippen LogP) is 6.24. The largest absolute Gasteiger partial charge is 0.490 e. The summed E-state index contributed by atoms with van der Waals surface area (Å²) in [6.07, 6.45) is -5.08. The summed E-state index contributed by atoms with van der Waals surface area (Å²) in [6, 6.07) is 17.0. The molecule has 0 saturated carbocycles. The van der Waals surface area contributed by atoms with Gasteiger partial charge in [-0.25, -0.2) is 9.48 Å². The fraction of sp³-hybridized carbons (Fsp3) is 0.269. The molecule has 0 aliphatic carbocycles. The lowest BCUT2D eigenvalue weighted by atomic mass is 9.90. The van der Waals surface area contributed by atoms with Crippen molar-refractivity contribution in [1.29, 1.82) is 0 Å². The lowest BCUT2D eigenvalue weighted by Crippen LogP contribution is -2.21. The van der Waals surface area contributed by atoms with Gasteiger partial charge in [-0.15, -0.1) is 0 Å². The number of rotatable bonds is 5. The summed E-state index contributed by atoms with van der Waals surface area (Å²) in [6.45, 7) is 7.44. The summed E-state index contributed by atoms with van der Waals surface area (Å²) in [5.74, 6) is -2.76. The van der Waals surface area contributed by atoms with Crippen molar-refractivity contribution in [3.05, 3.63) is 91.8 Å². The zero-order chi connectivity index (χ0) is 28.3. The minimum atomic E-state index is -5.08. The van der Waals surface area contributed by atoms with Gasteiger partial charge in [0, 0.05) is 39.5 Å². The molecule has 4 aromatic rings. The van der Waals surface area contributed by atoms with Gasteiger partial charge >= 0.3 is 12.1 Å². The molecule has 2 aromatic heterocycles. The summed E-state index contributed by atoms with van der Waals surface area (Å²) >= 11 is 12.0. The van der Waals surface area contributed by atoms with Crippen LogP contribution in [0.5, 0.6) is 0 Å². The molecule has 0 atom stereocenters. The number of carboxylic acids is 1. The van der Waals surface area contributed by atoms with Crippen LogP contribution >= 0.6 is 23.2 Å². The third-order valence-electron chi connectivity index (χ3n) is 5.35. The second kappa shape index (κ2) is 11.6. The molecule has 7 nitrogen and oxygen atoms in total. The van der Waals surface area contributed by atoms with Crippen molar-refractivity contribution in [2.75, 3.05) is 0 Å². The highest BCUT2D eigenvalue weighted by Gasteiger charge is 2.38. The average molecular weight is 569 g/mol. The van der Waals surface area contributed by atoms with E-state index in [1.54, 1.807) is 4.68 Å². The lowest BCUT2D eigenvalue weighted by Gasteiger charge is -2.15. The van der Waals surface area contributed by atoms with Crippen LogP contribution < -0.4 is 10.9 Å². The molecule has 0 spiro atoms. The zero-order valence-electron chi connectivity index (χ0n) is 20.7. The van der Waals surface area contributed by atoms with Crippen molar-refractivity contribution in [3.63, 3.8) is 0 Å². The molecule has 2 heterocycles. The van der Waals surface area contributed by atoms with Crippen molar-refractivity contribution >= 4 is 40.2 Å². The Morgan fingerprint density at radius 2 is 1.53 bits per heavy atom. The number of halogens is 5. The highest BCUT2D eigenvalue weighted by atomic mass is 35.5. The van der Waals surface area contributed by atoms with Crippen LogP contribution in [0, 0.1) is 0 Å². The molecule has 12 heteroatoms. The van der Waals surface area contributed by atoms with E-state index in [1.165, 1.54) is 0 Å². The third kappa shape index (κ3) is 7.37. The molecule has 0 bridgehead atoms. The Morgan fingerprint density at radius 3 is 2.03 bits per heavy atom. The number of nitrogens with one attached hydrogen (secondary N) is 2. The molecule has 0 fully saturated rings. The summed E-state index contributed by atoms with van der Waals surface area (Å²) in [7, 11) is 0. The van der Waals surface area contributed by atoms with Crippen LogP contribution in [0.4, 0.5) is 13.2 Å². The Balaban J connectivity index is 0.000000505. The first kappa shape index (κ1) is 29.2. The van der Waals surface area contributed by atoms with E-state index in [0.717, 1.165) is 22.3 Å². The van der Waals surface area contributed by atoms with Crippen molar-refractivity contribution < 1.29 is 23.1 Å². The van der Waals surface area contributed by atoms with E-state index in [-0.39, 0.29) is 11.0 Å². The lowest BCUT2D eigenvalue weighted by molar-refractivity contribution is -0.192. The standard InChI is InChI=1S/C24H24Cl2N4O.C2HF3O2/c1-24(2,3)21-20-12-16(14-27-13-15-4-6-17(25)7-5-15)23(31)28-22(20)30(29-21)19-10-8-18(26)9-11-19;3-2(4,5)1(6)7/h4-12,27H,13-14H2,1-3H3,(H,28,31);(H,6,7). The second-order valence-electron chi connectivity index (χ2n) is 9.41. The number of benzene rings is 2. The number of alkyl halides is 3. The van der Waals surface area contributed by atoms with Crippen LogP contribution in [-0.4, -0.2) is 32.0 Å². The van der Waals surface area contributed by atoms with Crippen molar-refractivity contribution in [2.24, 2.45) is 0 Å². The maximum atomic E-state index is 12.8. The first-order valence-electron chi connectivity index (χ1n) is 11.3. The molecular formula is C26H25Cl2F3N4O3. The number of pyridine rings is 1. The fourth-order valence-corrected chi connectivity index (χ4v) is 3.76. The average Bonchev–Trinajstić information content (AvgIpc) is 3.19. The normalized spacial score (nSPS) is 11.8. The number of aliphatic carboxylic acids is 1. The monoisotopic (exact) mass is 568 g/mol. The summed E-state index contributed by atoms with van der Waals surface area (Å²) in [5.41, 5.74) is 3.89. The highest BCUT2D eigenvalue weighted by molar-refractivity contribution is 6.30. The number of fused-ring (bicyclic) bond motifs is 1. The molecule has 0 aliphatic heterocycles. The van der Waals surface area contributed by atoms with Crippen LogP contribution in [0.25, 0.3) is 16.7 Å². The number of H-pyrrole nitrogens is 1. The minimum Gasteiger partial charge on any atom is -0.475 e. The smallest absolute Gasteiger partial charge is 0.475 e. The van der Waals surface area contributed by atoms with Gasteiger partial charge in [-0.1, -0.05) is 56.1 Å². The molecule has 2 aromatic carbocycles. The Kier molecular flexibility index (Phi) is 8.91. The van der Waals surface area contributed by atoms with Crippen LogP contribution in [0.15, 0.2) is 59.4 Å². The van der Waals surface area contributed by atoms with Crippen LogP contribution in [-0.2, 0) is 23.3 Å². The molecule has 0 saturated heterocycles. The van der Waals surface area contributed by atoms with E-state index in [1.807, 2.05) is 54.6 Å². The zero-order valence-corrected chi connectivity index (χ0v) is 22.2. The summed E-state index contributed by atoms with van der Waals surface area (Å²) in [4.78, 5) is 24.8. The van der Waals surface area contributed by atoms with Gasteiger partial charge in [-0.05, 0) is 48.0 Å². The number of hydrogen-bond acceptors (Lipinski definition) is 4. The molecule has 202 valence electrons. The molecule has 0 unspecified atom stereocenters. The predicted molar refractivity (Wildman–Crippen MR) is 141 cm³/mol. The number of hydrogen-bond donors (Lipinski definition) is 3. The van der Waals surface area contributed by atoms with E-state index in [4.69, 9.17) is 38.2 Å². The molecule has 0 amide bonds. The van der Waals surface area contributed by atoms with Gasteiger partial charge in [0.15, 0.2) is 0 Å². The van der Waals surface area contributed by atoms with Gasteiger partial charge < -0.3 is 15.4 Å². The SMILES string of the molecule is CC(C)(C)c1nn(-c2ccc(Cl)cc2)c2[nH]c(=O)c(CNCc3ccc(Cl)cc3)cc12.O=C(O)C(F)(F)F. The van der Waals surface area contributed by atoms with Gasteiger partial charge in [0.1, 0.15) is 5.65 Å². The molecule has 3 N–H and O–H groups in total. The van der Waals surface area contributed by atoms with E-state index in [9.17, 15) is 18.0 Å². The topological polar surface area (TPSA) is 100 Å². The van der Waals surface area contributed by atoms with E-state index >= 15 is 0 Å². The Bertz CT molecular complexity index is 1470. The third-order valence-corrected chi connectivity index (χ3v) is 5.85. The van der Waals surface area contributed by atoms with E-state index < -0.39 is 12.1 Å². The number of carbonyl (C=O) groups is 1. The van der Waals surface area contributed by atoms with Gasteiger partial charge in [-0.3, -0.25) is 4.79 Å². The van der Waals surface area contributed by atoms with Gasteiger partial charge in [0.05, 0.1) is 11.4 Å². The molecule has 0 radical (unpaired) electrons. The van der Waals surface area contributed by atoms with Crippen molar-refractivity contribution in [1.82, 2.24) is 20.1 Å². The summed E-state index contributed by atoms with van der Waals surface area (Å²) < 4.78 is 33.5. The van der Waals surface area contributed by atoms with Crippen LogP contribution in [0.1, 0.15) is 37.6 Å². The Hall–Kier alpha value is -3.34. The summed E-state index contributed by atoms with van der Waals surface area (Å²) in [5, 5.41) is 17.6. The number of nitrogens with zero attached hydrogens (tertiary/aromatic N) is 2. The number of carboxylic acid groups (broad SMARTS) is 1. The highest BCUT2D eigenvalue weighted by Crippen LogP contribution is 2.30. The van der Waals surface area contributed by atoms with E-state index in [2.05, 4.69) is 31.1 Å². The van der Waals surface area contributed by atoms with Crippen molar-refractivity contribution in [2.45, 2.75) is 45.5 Å². The molecule has 0 aliphatic rings. The van der Waals surface area contributed by atoms with Gasteiger partial charge in [0.2, 0.25) is 0 Å². The van der Waals surface area contributed by atoms with Crippen molar-refractivity contribution in [3.8, 4) is 5.69 Å². The first-order valence-corrected chi connectivity index (χ1v) is 12.1. The second-order valence-corrected chi connectivity index (χ2v) is 10.3. The Labute approximate surface area is 226 Å². The van der Waals surface area contributed by atoms with E-state index in [0.29, 0.717) is 34.3 Å². The van der Waals surface area contributed by atoms with Crippen LogP contribution in [0.2, 0.25) is 10.0 Å². The molecule has 4 rings (SSSR count). The quantitative estimate of drug-likeness (QED) is 0.264. The maximum Gasteiger partial charge on any atom is 0.490 e. The maximum absolute atomic E-state index is 12.8. The molecular weight excluding hydrogens is 544 g/mol. The number of aromatic nitrogens is 3. The number of aromatic amines is 1. The van der Waals surface area contributed by atoms with Crippen LogP contribution in [0.3, 0.4) is 0 Å². The van der Waals surface area contributed by atoms with Gasteiger partial charge in [0.25, 0.3) is 5.56 Å². The Morgan fingerprint density at radius 1 is 1.00 bits per heavy atom. The fourth-order valence-electron chi connectivity index (χ4n) is 3.51. The first-order chi connectivity index (χ1) is 17.7.